The molecule has 0 saturated heterocycles. The molecule has 2 N–H and O–H groups in total. The molecule has 0 amide bonds. The Kier molecular flexibility index (Phi) is 2.75. The second-order valence-corrected chi connectivity index (χ2v) is 5.44. The van der Waals surface area contributed by atoms with Crippen molar-refractivity contribution in [3.05, 3.63) is 47.9 Å². The predicted octanol–water partition coefficient (Wildman–Crippen LogP) is 4.43. The Labute approximate surface area is 128 Å². The maximum atomic E-state index is 13.1. The van der Waals surface area contributed by atoms with Crippen LogP contribution in [-0.4, -0.2) is 20.2 Å². The molecule has 0 radical (unpaired) electrons. The highest BCUT2D eigenvalue weighted by Gasteiger charge is 2.31. The van der Waals surface area contributed by atoms with Crippen molar-refractivity contribution in [2.75, 3.05) is 0 Å². The first-order chi connectivity index (χ1) is 10.9. The van der Waals surface area contributed by atoms with Gasteiger partial charge in [-0.2, -0.15) is 18.3 Å². The molecule has 116 valence electrons. The van der Waals surface area contributed by atoms with Crippen molar-refractivity contribution < 1.29 is 13.2 Å². The zero-order valence-electron chi connectivity index (χ0n) is 12.0. The van der Waals surface area contributed by atoms with Crippen molar-refractivity contribution in [2.45, 2.75) is 13.1 Å². The molecule has 0 spiro atoms. The van der Waals surface area contributed by atoms with E-state index in [1.165, 1.54) is 6.20 Å². The van der Waals surface area contributed by atoms with Crippen LogP contribution in [-0.2, 0) is 6.18 Å². The van der Waals surface area contributed by atoms with E-state index in [1.807, 2.05) is 19.2 Å². The lowest BCUT2D eigenvalue weighted by atomic mass is 9.99. The number of alkyl halides is 3. The number of hydrogen-bond acceptors (Lipinski definition) is 2. The molecule has 3 heterocycles. The standard InChI is InChI=1S/C16H11F3N4/c1-8-5-20-15-11(8)2-9(6-21-15)12-3-10(16(17,18)19)4-14-13(12)7-22-23-14/h2-7H,1H3,(H,20,21)(H,22,23). The Bertz CT molecular complexity index is 1030. The number of pyridine rings is 1. The van der Waals surface area contributed by atoms with Gasteiger partial charge in [-0.25, -0.2) is 4.98 Å². The first-order valence-electron chi connectivity index (χ1n) is 6.92. The maximum Gasteiger partial charge on any atom is 0.416 e. The number of nitrogens with zero attached hydrogens (tertiary/aromatic N) is 2. The highest BCUT2D eigenvalue weighted by molar-refractivity contribution is 5.97. The van der Waals surface area contributed by atoms with Crippen molar-refractivity contribution in [3.63, 3.8) is 0 Å². The summed E-state index contributed by atoms with van der Waals surface area (Å²) in [5.41, 5.74) is 2.42. The van der Waals surface area contributed by atoms with Gasteiger partial charge in [0.25, 0.3) is 0 Å². The number of fused-ring (bicyclic) bond motifs is 2. The molecule has 0 aliphatic carbocycles. The summed E-state index contributed by atoms with van der Waals surface area (Å²) in [4.78, 5) is 7.32. The van der Waals surface area contributed by atoms with Gasteiger partial charge in [0.05, 0.1) is 17.3 Å². The van der Waals surface area contributed by atoms with Gasteiger partial charge in [-0.15, -0.1) is 0 Å². The zero-order valence-corrected chi connectivity index (χ0v) is 12.0. The summed E-state index contributed by atoms with van der Waals surface area (Å²) < 4.78 is 39.4. The summed E-state index contributed by atoms with van der Waals surface area (Å²) in [7, 11) is 0. The molecule has 0 aliphatic rings. The van der Waals surface area contributed by atoms with E-state index < -0.39 is 11.7 Å². The van der Waals surface area contributed by atoms with Crippen LogP contribution in [0.4, 0.5) is 13.2 Å². The van der Waals surface area contributed by atoms with Crippen LogP contribution in [0.5, 0.6) is 0 Å². The molecule has 0 unspecified atom stereocenters. The van der Waals surface area contributed by atoms with E-state index >= 15 is 0 Å². The Morgan fingerprint density at radius 2 is 1.87 bits per heavy atom. The average Bonchev–Trinajstić information content (AvgIpc) is 3.12. The Hall–Kier alpha value is -2.83. The van der Waals surface area contributed by atoms with Crippen LogP contribution in [0.1, 0.15) is 11.1 Å². The lowest BCUT2D eigenvalue weighted by molar-refractivity contribution is -0.137. The van der Waals surface area contributed by atoms with Crippen molar-refractivity contribution >= 4 is 21.9 Å². The Morgan fingerprint density at radius 3 is 2.65 bits per heavy atom. The molecule has 23 heavy (non-hydrogen) atoms. The zero-order chi connectivity index (χ0) is 16.2. The summed E-state index contributed by atoms with van der Waals surface area (Å²) in [6.07, 6.45) is 0.496. The van der Waals surface area contributed by atoms with Gasteiger partial charge in [0, 0.05) is 28.7 Å². The van der Waals surface area contributed by atoms with Gasteiger partial charge in [0.1, 0.15) is 5.65 Å². The number of hydrogen-bond donors (Lipinski definition) is 2. The van der Waals surface area contributed by atoms with Crippen LogP contribution in [0.25, 0.3) is 33.1 Å². The summed E-state index contributed by atoms with van der Waals surface area (Å²) in [5, 5.41) is 7.99. The van der Waals surface area contributed by atoms with Gasteiger partial charge in [-0.1, -0.05) is 0 Å². The Morgan fingerprint density at radius 1 is 1.04 bits per heavy atom. The third kappa shape index (κ3) is 2.16. The van der Waals surface area contributed by atoms with Crippen molar-refractivity contribution in [1.29, 1.82) is 0 Å². The molecular weight excluding hydrogens is 305 g/mol. The highest BCUT2D eigenvalue weighted by atomic mass is 19.4. The molecule has 0 fully saturated rings. The largest absolute Gasteiger partial charge is 0.416 e. The number of aromatic amines is 2. The van der Waals surface area contributed by atoms with Crippen LogP contribution in [0.15, 0.2) is 36.8 Å². The minimum atomic E-state index is -4.42. The van der Waals surface area contributed by atoms with Crippen LogP contribution in [0.2, 0.25) is 0 Å². The van der Waals surface area contributed by atoms with E-state index in [4.69, 9.17) is 0 Å². The van der Waals surface area contributed by atoms with Crippen molar-refractivity contribution in [1.82, 2.24) is 20.2 Å². The second-order valence-electron chi connectivity index (χ2n) is 5.44. The molecule has 4 nitrogen and oxygen atoms in total. The Balaban J connectivity index is 2.02. The molecule has 7 heteroatoms. The topological polar surface area (TPSA) is 57.4 Å². The molecule has 4 aromatic rings. The molecule has 0 atom stereocenters. The summed E-state index contributed by atoms with van der Waals surface area (Å²) in [6, 6.07) is 4.05. The SMILES string of the molecule is Cc1c[nH]c2ncc(-c3cc(C(F)(F)F)cc4[nH]ncc34)cc12. The number of aromatic nitrogens is 4. The first kappa shape index (κ1) is 13.8. The fraction of sp³-hybridized carbons (Fsp3) is 0.125. The average molecular weight is 316 g/mol. The quantitative estimate of drug-likeness (QED) is 0.545. The molecular formula is C16H11F3N4. The van der Waals surface area contributed by atoms with Gasteiger partial charge in [0.15, 0.2) is 0 Å². The minimum Gasteiger partial charge on any atom is -0.346 e. The number of benzene rings is 1. The fourth-order valence-corrected chi connectivity index (χ4v) is 2.74. The van der Waals surface area contributed by atoms with Crippen molar-refractivity contribution in [2.24, 2.45) is 0 Å². The second kappa shape index (κ2) is 4.58. The smallest absolute Gasteiger partial charge is 0.346 e. The van der Waals surface area contributed by atoms with Crippen LogP contribution >= 0.6 is 0 Å². The van der Waals surface area contributed by atoms with Gasteiger partial charge < -0.3 is 4.98 Å². The van der Waals surface area contributed by atoms with E-state index in [-0.39, 0.29) is 0 Å². The summed E-state index contributed by atoms with van der Waals surface area (Å²) >= 11 is 0. The van der Waals surface area contributed by atoms with E-state index in [1.54, 1.807) is 6.20 Å². The first-order valence-corrected chi connectivity index (χ1v) is 6.92. The van der Waals surface area contributed by atoms with E-state index in [9.17, 15) is 13.2 Å². The van der Waals surface area contributed by atoms with Gasteiger partial charge in [-0.3, -0.25) is 5.10 Å². The van der Waals surface area contributed by atoms with E-state index in [0.717, 1.165) is 23.1 Å². The van der Waals surface area contributed by atoms with Crippen LogP contribution in [0, 0.1) is 6.92 Å². The fourth-order valence-electron chi connectivity index (χ4n) is 2.74. The summed E-state index contributed by atoms with van der Waals surface area (Å²) in [5.74, 6) is 0. The molecule has 4 rings (SSSR count). The van der Waals surface area contributed by atoms with Gasteiger partial charge >= 0.3 is 6.18 Å². The van der Waals surface area contributed by atoms with Crippen LogP contribution in [0.3, 0.4) is 0 Å². The van der Waals surface area contributed by atoms with Gasteiger partial charge in [0.2, 0.25) is 0 Å². The van der Waals surface area contributed by atoms with E-state index in [0.29, 0.717) is 27.7 Å². The summed E-state index contributed by atoms with van der Waals surface area (Å²) in [6.45, 7) is 1.92. The highest BCUT2D eigenvalue weighted by Crippen LogP contribution is 2.37. The molecule has 1 aromatic carbocycles. The van der Waals surface area contributed by atoms with Gasteiger partial charge in [-0.05, 0) is 36.2 Å². The number of halogens is 3. The number of nitrogens with one attached hydrogen (secondary N) is 2. The molecule has 0 saturated carbocycles. The number of rotatable bonds is 1. The third-order valence-electron chi connectivity index (χ3n) is 3.93. The number of aryl methyl sites for hydroxylation is 1. The van der Waals surface area contributed by atoms with Crippen molar-refractivity contribution in [3.8, 4) is 11.1 Å². The molecule has 3 aromatic heterocycles. The lowest BCUT2D eigenvalue weighted by Gasteiger charge is -2.10. The minimum absolute atomic E-state index is 0.348. The van der Waals surface area contributed by atoms with E-state index in [2.05, 4.69) is 20.2 Å². The lowest BCUT2D eigenvalue weighted by Crippen LogP contribution is -2.05. The third-order valence-corrected chi connectivity index (χ3v) is 3.93. The monoisotopic (exact) mass is 316 g/mol. The number of H-pyrrole nitrogens is 2. The van der Waals surface area contributed by atoms with Crippen LogP contribution < -0.4 is 0 Å². The predicted molar refractivity (Wildman–Crippen MR) is 80.9 cm³/mol. The normalized spacial score (nSPS) is 12.3. The maximum absolute atomic E-state index is 13.1. The molecule has 0 bridgehead atoms. The molecule has 0 aliphatic heterocycles.